The van der Waals surface area contributed by atoms with Crippen molar-refractivity contribution in [3.05, 3.63) is 63.5 Å². The molecular weight excluding hydrogens is 284 g/mol. The fourth-order valence-electron chi connectivity index (χ4n) is 1.82. The lowest BCUT2D eigenvalue weighted by atomic mass is 10.2. The number of nitrogens with one attached hydrogen (secondary N) is 1. The minimum absolute atomic E-state index is 0.0439. The number of thiophene rings is 1. The SMILES string of the molecule is Clc1ccc(C(NCc2ccno2)c2ccco2)s1. The zero-order valence-corrected chi connectivity index (χ0v) is 11.4. The Morgan fingerprint density at radius 3 is 2.89 bits per heavy atom. The minimum atomic E-state index is -0.0439. The summed E-state index contributed by atoms with van der Waals surface area (Å²) in [7, 11) is 0. The zero-order valence-electron chi connectivity index (χ0n) is 9.88. The van der Waals surface area contributed by atoms with E-state index in [1.165, 1.54) is 11.3 Å². The van der Waals surface area contributed by atoms with Gasteiger partial charge in [0.1, 0.15) is 17.6 Å². The van der Waals surface area contributed by atoms with Gasteiger partial charge >= 0.3 is 0 Å². The third kappa shape index (κ3) is 2.89. The molecule has 0 aliphatic heterocycles. The van der Waals surface area contributed by atoms with Crippen molar-refractivity contribution in [3.8, 4) is 0 Å². The summed E-state index contributed by atoms with van der Waals surface area (Å²) in [6.45, 7) is 0.570. The maximum atomic E-state index is 6.00. The van der Waals surface area contributed by atoms with Crippen LogP contribution in [-0.4, -0.2) is 5.16 Å². The van der Waals surface area contributed by atoms with Gasteiger partial charge in [-0.2, -0.15) is 0 Å². The largest absolute Gasteiger partial charge is 0.467 e. The molecule has 0 saturated heterocycles. The predicted octanol–water partition coefficient (Wildman–Crippen LogP) is 3.86. The molecule has 0 radical (unpaired) electrons. The summed E-state index contributed by atoms with van der Waals surface area (Å²) in [6, 6.07) is 9.46. The van der Waals surface area contributed by atoms with E-state index in [9.17, 15) is 0 Å². The van der Waals surface area contributed by atoms with Crippen LogP contribution in [0.5, 0.6) is 0 Å². The molecule has 0 saturated carbocycles. The third-order valence-corrected chi connectivity index (χ3v) is 3.97. The Bertz CT molecular complexity index is 619. The Balaban J connectivity index is 1.80. The number of hydrogen-bond acceptors (Lipinski definition) is 5. The van der Waals surface area contributed by atoms with Crippen LogP contribution in [0.1, 0.15) is 22.4 Å². The number of furan rings is 1. The molecule has 0 aliphatic rings. The summed E-state index contributed by atoms with van der Waals surface area (Å²) in [6.07, 6.45) is 3.29. The maximum absolute atomic E-state index is 6.00. The van der Waals surface area contributed by atoms with Gasteiger partial charge in [-0.05, 0) is 24.3 Å². The zero-order chi connectivity index (χ0) is 13.1. The van der Waals surface area contributed by atoms with Crippen molar-refractivity contribution in [2.45, 2.75) is 12.6 Å². The van der Waals surface area contributed by atoms with Crippen molar-refractivity contribution in [3.63, 3.8) is 0 Å². The van der Waals surface area contributed by atoms with Crippen molar-refractivity contribution < 1.29 is 8.94 Å². The van der Waals surface area contributed by atoms with Crippen LogP contribution in [0.4, 0.5) is 0 Å². The normalized spacial score (nSPS) is 12.7. The van der Waals surface area contributed by atoms with E-state index < -0.39 is 0 Å². The summed E-state index contributed by atoms with van der Waals surface area (Å²) in [5.41, 5.74) is 0. The highest BCUT2D eigenvalue weighted by atomic mass is 35.5. The van der Waals surface area contributed by atoms with Gasteiger partial charge in [0.25, 0.3) is 0 Å². The molecule has 0 aliphatic carbocycles. The molecular formula is C13H11ClN2O2S. The van der Waals surface area contributed by atoms with Gasteiger partial charge in [-0.25, -0.2) is 0 Å². The average Bonchev–Trinajstić information content (AvgIpc) is 3.11. The topological polar surface area (TPSA) is 51.2 Å². The maximum Gasteiger partial charge on any atom is 0.150 e. The van der Waals surface area contributed by atoms with Gasteiger partial charge in [-0.3, -0.25) is 5.32 Å². The van der Waals surface area contributed by atoms with Gasteiger partial charge in [-0.1, -0.05) is 16.8 Å². The first-order chi connectivity index (χ1) is 9.33. The van der Waals surface area contributed by atoms with E-state index in [-0.39, 0.29) is 6.04 Å². The number of hydrogen-bond donors (Lipinski definition) is 1. The molecule has 0 amide bonds. The van der Waals surface area contributed by atoms with Crippen molar-refractivity contribution in [2.24, 2.45) is 0 Å². The molecule has 1 unspecified atom stereocenters. The molecule has 3 rings (SSSR count). The van der Waals surface area contributed by atoms with E-state index in [2.05, 4.69) is 10.5 Å². The van der Waals surface area contributed by atoms with Crippen molar-refractivity contribution in [1.29, 1.82) is 0 Å². The van der Waals surface area contributed by atoms with Crippen LogP contribution in [0.25, 0.3) is 0 Å². The van der Waals surface area contributed by atoms with Crippen LogP contribution in [0.2, 0.25) is 4.34 Å². The van der Waals surface area contributed by atoms with Crippen molar-refractivity contribution in [2.75, 3.05) is 0 Å². The Morgan fingerprint density at radius 2 is 2.26 bits per heavy atom. The van der Waals surface area contributed by atoms with E-state index in [4.69, 9.17) is 20.5 Å². The second kappa shape index (κ2) is 5.61. The summed E-state index contributed by atoms with van der Waals surface area (Å²) >= 11 is 7.53. The smallest absolute Gasteiger partial charge is 0.150 e. The average molecular weight is 295 g/mol. The van der Waals surface area contributed by atoms with Crippen LogP contribution < -0.4 is 5.32 Å². The second-order valence-electron chi connectivity index (χ2n) is 3.95. The first kappa shape index (κ1) is 12.5. The minimum Gasteiger partial charge on any atom is -0.467 e. The highest BCUT2D eigenvalue weighted by Gasteiger charge is 2.18. The quantitative estimate of drug-likeness (QED) is 0.776. The van der Waals surface area contributed by atoms with E-state index in [1.54, 1.807) is 12.5 Å². The number of halogens is 1. The van der Waals surface area contributed by atoms with E-state index in [1.807, 2.05) is 30.3 Å². The fraction of sp³-hybridized carbons (Fsp3) is 0.154. The van der Waals surface area contributed by atoms with E-state index in [0.717, 1.165) is 20.7 Å². The number of rotatable bonds is 5. The van der Waals surface area contributed by atoms with E-state index in [0.29, 0.717) is 6.54 Å². The summed E-state index contributed by atoms with van der Waals surface area (Å²) in [4.78, 5) is 1.10. The lowest BCUT2D eigenvalue weighted by Gasteiger charge is -2.13. The molecule has 3 aromatic heterocycles. The molecule has 4 nitrogen and oxygen atoms in total. The van der Waals surface area contributed by atoms with Crippen molar-refractivity contribution >= 4 is 22.9 Å². The summed E-state index contributed by atoms with van der Waals surface area (Å²) in [5.74, 6) is 1.62. The Kier molecular flexibility index (Phi) is 3.68. The molecule has 3 heterocycles. The Morgan fingerprint density at radius 1 is 1.32 bits per heavy atom. The van der Waals surface area contributed by atoms with Gasteiger partial charge < -0.3 is 8.94 Å². The van der Waals surface area contributed by atoms with Crippen LogP contribution >= 0.6 is 22.9 Å². The molecule has 1 atom stereocenters. The third-order valence-electron chi connectivity index (χ3n) is 2.68. The fourth-order valence-corrected chi connectivity index (χ4v) is 2.96. The second-order valence-corrected chi connectivity index (χ2v) is 5.70. The standard InChI is InChI=1S/C13H11ClN2O2S/c14-12-4-3-11(19-12)13(10-2-1-7-17-10)15-8-9-5-6-16-18-9/h1-7,13,15H,8H2. The molecule has 1 N–H and O–H groups in total. The predicted molar refractivity (Wildman–Crippen MR) is 73.2 cm³/mol. The van der Waals surface area contributed by atoms with Crippen LogP contribution in [0.15, 0.2) is 51.7 Å². The van der Waals surface area contributed by atoms with Crippen LogP contribution in [0.3, 0.4) is 0 Å². The number of aromatic nitrogens is 1. The van der Waals surface area contributed by atoms with Gasteiger partial charge in [0.2, 0.25) is 0 Å². The van der Waals surface area contributed by atoms with Gasteiger partial charge in [-0.15, -0.1) is 11.3 Å². The first-order valence-electron chi connectivity index (χ1n) is 5.74. The summed E-state index contributed by atoms with van der Waals surface area (Å²) in [5, 5.41) is 7.06. The molecule has 0 fully saturated rings. The highest BCUT2D eigenvalue weighted by molar-refractivity contribution is 7.16. The number of nitrogens with zero attached hydrogens (tertiary/aromatic N) is 1. The Hall–Kier alpha value is -1.56. The molecule has 3 aromatic rings. The molecule has 98 valence electrons. The lowest BCUT2D eigenvalue weighted by molar-refractivity contribution is 0.361. The van der Waals surface area contributed by atoms with Crippen LogP contribution in [0, 0.1) is 0 Å². The highest BCUT2D eigenvalue weighted by Crippen LogP contribution is 2.31. The first-order valence-corrected chi connectivity index (χ1v) is 6.94. The molecule has 0 bridgehead atoms. The molecule has 0 aromatic carbocycles. The monoisotopic (exact) mass is 294 g/mol. The summed E-state index contributed by atoms with van der Waals surface area (Å²) < 4.78 is 11.3. The van der Waals surface area contributed by atoms with Gasteiger partial charge in [0, 0.05) is 10.9 Å². The van der Waals surface area contributed by atoms with E-state index >= 15 is 0 Å². The van der Waals surface area contributed by atoms with Gasteiger partial charge in [0.05, 0.1) is 23.3 Å². The van der Waals surface area contributed by atoms with Gasteiger partial charge in [0.15, 0.2) is 0 Å². The molecule has 6 heteroatoms. The van der Waals surface area contributed by atoms with Crippen molar-refractivity contribution in [1.82, 2.24) is 10.5 Å². The Labute approximate surface area is 119 Å². The van der Waals surface area contributed by atoms with Crippen LogP contribution in [-0.2, 0) is 6.54 Å². The molecule has 19 heavy (non-hydrogen) atoms. The lowest BCUT2D eigenvalue weighted by Crippen LogP contribution is -2.20. The molecule has 0 spiro atoms.